The molecule has 1 aliphatic rings. The quantitative estimate of drug-likeness (QED) is 0.725. The minimum atomic E-state index is -0.140. The Labute approximate surface area is 158 Å². The average Bonchev–Trinajstić information content (AvgIpc) is 3.11. The molecule has 0 atom stereocenters. The number of likely N-dealkylation sites (N-methyl/N-ethyl adjacent to an activating group) is 1. The Morgan fingerprint density at radius 3 is 2.59 bits per heavy atom. The largest absolute Gasteiger partial charge is 0.360 e. The maximum atomic E-state index is 12.6. The van der Waals surface area contributed by atoms with Gasteiger partial charge in [0, 0.05) is 23.5 Å². The molecule has 0 saturated carbocycles. The Kier molecular flexibility index (Phi) is 4.77. The minimum absolute atomic E-state index is 0.140. The first-order valence-electron chi connectivity index (χ1n) is 9.45. The van der Waals surface area contributed by atoms with Crippen LogP contribution in [0.5, 0.6) is 0 Å². The van der Waals surface area contributed by atoms with E-state index in [1.807, 2.05) is 35.9 Å². The predicted molar refractivity (Wildman–Crippen MR) is 106 cm³/mol. The van der Waals surface area contributed by atoms with Crippen LogP contribution >= 0.6 is 0 Å². The summed E-state index contributed by atoms with van der Waals surface area (Å²) < 4.78 is 1.82. The molecule has 4 rings (SSSR count). The lowest BCUT2D eigenvalue weighted by Crippen LogP contribution is -3.12. The summed E-state index contributed by atoms with van der Waals surface area (Å²) in [5.74, 6) is -0.140. The fourth-order valence-electron chi connectivity index (χ4n) is 3.45. The van der Waals surface area contributed by atoms with E-state index in [-0.39, 0.29) is 5.91 Å². The average molecular weight is 365 g/mol. The molecule has 3 aromatic rings. The second kappa shape index (κ2) is 7.36. The summed E-state index contributed by atoms with van der Waals surface area (Å²) in [6, 6.07) is 13.6. The molecule has 0 aliphatic carbocycles. The number of hydrogen-bond donors (Lipinski definition) is 2. The van der Waals surface area contributed by atoms with Crippen molar-refractivity contribution < 1.29 is 9.69 Å². The molecule has 1 saturated heterocycles. The van der Waals surface area contributed by atoms with Crippen molar-refractivity contribution in [3.05, 3.63) is 48.0 Å². The van der Waals surface area contributed by atoms with E-state index in [9.17, 15) is 4.79 Å². The highest BCUT2D eigenvalue weighted by Crippen LogP contribution is 2.19. The van der Waals surface area contributed by atoms with Gasteiger partial charge in [-0.2, -0.15) is 0 Å². The molecule has 1 fully saturated rings. The van der Waals surface area contributed by atoms with E-state index in [0.717, 1.165) is 49.4 Å². The van der Waals surface area contributed by atoms with Gasteiger partial charge in [-0.3, -0.25) is 4.79 Å². The Hall–Kier alpha value is -2.93. The number of benzene rings is 2. The summed E-state index contributed by atoms with van der Waals surface area (Å²) in [5, 5.41) is 11.2. The molecule has 27 heavy (non-hydrogen) atoms. The number of rotatable bonds is 4. The SMILES string of the molecule is CCn1nnc2cc(C(=O)Nc3ccc(N4CC[NH+](C)CC4)cc3)ccc21. The number of nitrogens with one attached hydrogen (secondary N) is 2. The Morgan fingerprint density at radius 2 is 1.89 bits per heavy atom. The van der Waals surface area contributed by atoms with Crippen molar-refractivity contribution in [2.75, 3.05) is 43.4 Å². The topological polar surface area (TPSA) is 67.5 Å². The van der Waals surface area contributed by atoms with Crippen LogP contribution in [0.2, 0.25) is 0 Å². The van der Waals surface area contributed by atoms with Gasteiger partial charge in [-0.1, -0.05) is 5.21 Å². The van der Waals surface area contributed by atoms with Crippen LogP contribution in [0.3, 0.4) is 0 Å². The Morgan fingerprint density at radius 1 is 1.15 bits per heavy atom. The lowest BCUT2D eigenvalue weighted by molar-refractivity contribution is -0.880. The smallest absolute Gasteiger partial charge is 0.255 e. The van der Waals surface area contributed by atoms with E-state index in [2.05, 4.69) is 39.7 Å². The van der Waals surface area contributed by atoms with Crippen molar-refractivity contribution in [2.45, 2.75) is 13.5 Å². The van der Waals surface area contributed by atoms with Crippen LogP contribution in [0, 0.1) is 0 Å². The van der Waals surface area contributed by atoms with Gasteiger partial charge in [-0.25, -0.2) is 4.68 Å². The van der Waals surface area contributed by atoms with Crippen LogP contribution in [0.25, 0.3) is 11.0 Å². The number of aryl methyl sites for hydroxylation is 1. The first-order chi connectivity index (χ1) is 13.1. The summed E-state index contributed by atoms with van der Waals surface area (Å²) in [5.41, 5.74) is 4.25. The zero-order chi connectivity index (χ0) is 18.8. The van der Waals surface area contributed by atoms with Crippen LogP contribution in [0.4, 0.5) is 11.4 Å². The Bertz CT molecular complexity index is 941. The molecule has 7 heteroatoms. The van der Waals surface area contributed by atoms with Crippen molar-refractivity contribution >= 4 is 28.3 Å². The van der Waals surface area contributed by atoms with E-state index in [1.54, 1.807) is 11.0 Å². The summed E-state index contributed by atoms with van der Waals surface area (Å²) >= 11 is 0. The van der Waals surface area contributed by atoms with Gasteiger partial charge in [0.15, 0.2) is 0 Å². The molecule has 0 spiro atoms. The van der Waals surface area contributed by atoms with Gasteiger partial charge >= 0.3 is 0 Å². The summed E-state index contributed by atoms with van der Waals surface area (Å²) in [7, 11) is 2.23. The lowest BCUT2D eigenvalue weighted by Gasteiger charge is -2.31. The third kappa shape index (κ3) is 3.64. The zero-order valence-electron chi connectivity index (χ0n) is 15.8. The van der Waals surface area contributed by atoms with Crippen molar-refractivity contribution in [1.29, 1.82) is 0 Å². The molecule has 1 aliphatic heterocycles. The molecule has 0 bridgehead atoms. The molecule has 2 N–H and O–H groups in total. The van der Waals surface area contributed by atoms with Gasteiger partial charge in [-0.15, -0.1) is 5.10 Å². The summed E-state index contributed by atoms with van der Waals surface area (Å²) in [6.45, 7) is 7.21. The monoisotopic (exact) mass is 365 g/mol. The van der Waals surface area contributed by atoms with Crippen LogP contribution in [-0.4, -0.2) is 54.1 Å². The molecule has 1 aromatic heterocycles. The number of carbonyl (C=O) groups excluding carboxylic acids is 1. The summed E-state index contributed by atoms with van der Waals surface area (Å²) in [4.78, 5) is 16.5. The minimum Gasteiger partial charge on any atom is -0.360 e. The molecule has 140 valence electrons. The van der Waals surface area contributed by atoms with Crippen molar-refractivity contribution in [2.24, 2.45) is 0 Å². The first-order valence-corrected chi connectivity index (χ1v) is 9.45. The predicted octanol–water partition coefficient (Wildman–Crippen LogP) is 1.04. The van der Waals surface area contributed by atoms with Crippen molar-refractivity contribution in [3.63, 3.8) is 0 Å². The van der Waals surface area contributed by atoms with E-state index in [4.69, 9.17) is 0 Å². The maximum Gasteiger partial charge on any atom is 0.255 e. The first kappa shape index (κ1) is 17.5. The third-order valence-electron chi connectivity index (χ3n) is 5.18. The second-order valence-electron chi connectivity index (χ2n) is 7.05. The van der Waals surface area contributed by atoms with Gasteiger partial charge in [0.2, 0.25) is 0 Å². The van der Waals surface area contributed by atoms with Crippen LogP contribution in [0.15, 0.2) is 42.5 Å². The molecule has 0 radical (unpaired) electrons. The van der Waals surface area contributed by atoms with E-state index in [1.165, 1.54) is 5.69 Å². The number of amides is 1. The number of aromatic nitrogens is 3. The molecule has 7 nitrogen and oxygen atoms in total. The highest BCUT2D eigenvalue weighted by atomic mass is 16.1. The third-order valence-corrected chi connectivity index (χ3v) is 5.18. The number of carbonyl (C=O) groups is 1. The van der Waals surface area contributed by atoms with Gasteiger partial charge in [-0.05, 0) is 49.4 Å². The highest BCUT2D eigenvalue weighted by Gasteiger charge is 2.17. The number of hydrogen-bond acceptors (Lipinski definition) is 4. The molecule has 2 aromatic carbocycles. The van der Waals surface area contributed by atoms with Crippen molar-refractivity contribution in [3.8, 4) is 0 Å². The Balaban J connectivity index is 1.45. The van der Waals surface area contributed by atoms with Gasteiger partial charge in [0.25, 0.3) is 5.91 Å². The number of nitrogens with zero attached hydrogens (tertiary/aromatic N) is 4. The van der Waals surface area contributed by atoms with Crippen LogP contribution < -0.4 is 15.1 Å². The fourth-order valence-corrected chi connectivity index (χ4v) is 3.45. The van der Waals surface area contributed by atoms with Gasteiger partial charge in [0.1, 0.15) is 5.52 Å². The molecular formula is C20H25N6O+. The van der Waals surface area contributed by atoms with Crippen molar-refractivity contribution in [1.82, 2.24) is 15.0 Å². The molecule has 0 unspecified atom stereocenters. The number of anilines is 2. The highest BCUT2D eigenvalue weighted by molar-refractivity contribution is 6.05. The summed E-state index contributed by atoms with van der Waals surface area (Å²) in [6.07, 6.45) is 0. The molecule has 1 amide bonds. The van der Waals surface area contributed by atoms with Crippen LogP contribution in [-0.2, 0) is 6.54 Å². The van der Waals surface area contributed by atoms with E-state index < -0.39 is 0 Å². The molecular weight excluding hydrogens is 340 g/mol. The van der Waals surface area contributed by atoms with Gasteiger partial charge < -0.3 is 15.1 Å². The second-order valence-corrected chi connectivity index (χ2v) is 7.05. The standard InChI is InChI=1S/C20H24N6O/c1-3-26-19-9-4-15(14-18(19)22-23-26)20(27)21-16-5-7-17(8-6-16)25-12-10-24(2)11-13-25/h4-9,14H,3,10-13H2,1-2H3,(H,21,27)/p+1. The molecule has 2 heterocycles. The lowest BCUT2D eigenvalue weighted by atomic mass is 10.1. The fraction of sp³-hybridized carbons (Fsp3) is 0.350. The number of piperazine rings is 1. The van der Waals surface area contributed by atoms with Crippen LogP contribution in [0.1, 0.15) is 17.3 Å². The number of fused-ring (bicyclic) bond motifs is 1. The zero-order valence-corrected chi connectivity index (χ0v) is 15.8. The van der Waals surface area contributed by atoms with E-state index >= 15 is 0 Å². The number of quaternary nitrogens is 1. The maximum absolute atomic E-state index is 12.6. The van der Waals surface area contributed by atoms with Gasteiger partial charge in [0.05, 0.1) is 38.7 Å². The van der Waals surface area contributed by atoms with E-state index in [0.29, 0.717) is 5.56 Å². The normalized spacial score (nSPS) is 15.3.